The van der Waals surface area contributed by atoms with Crippen LogP contribution in [0.5, 0.6) is 11.5 Å². The highest BCUT2D eigenvalue weighted by molar-refractivity contribution is 7.90. The summed E-state index contributed by atoms with van der Waals surface area (Å²) >= 11 is 0. The number of nitrogens with zero attached hydrogens (tertiary/aromatic N) is 4. The minimum Gasteiger partial charge on any atom is -0.491 e. The van der Waals surface area contributed by atoms with E-state index in [1.165, 1.54) is 20.3 Å². The van der Waals surface area contributed by atoms with Gasteiger partial charge in [-0.15, -0.1) is 0 Å². The molecule has 0 aliphatic rings. The average Bonchev–Trinajstić information content (AvgIpc) is 3.77. The number of hydrogen-bond donors (Lipinski definition) is 0. The first-order chi connectivity index (χ1) is 30.1. The number of fused-ring (bicyclic) bond motifs is 2. The minimum absolute atomic E-state index is 0.0701. The van der Waals surface area contributed by atoms with Crippen LogP contribution < -0.4 is 9.47 Å². The molecule has 0 radical (unpaired) electrons. The minimum atomic E-state index is -4.07. The summed E-state index contributed by atoms with van der Waals surface area (Å²) in [4.78, 5) is 28.5. The highest BCUT2D eigenvalue weighted by atomic mass is 32.2. The molecule has 2 heterocycles. The van der Waals surface area contributed by atoms with Gasteiger partial charge in [0.1, 0.15) is 11.5 Å². The molecule has 2 aromatic heterocycles. The van der Waals surface area contributed by atoms with E-state index in [9.17, 15) is 26.4 Å². The maximum atomic E-state index is 14.2. The van der Waals surface area contributed by atoms with Crippen molar-refractivity contribution in [1.82, 2.24) is 18.0 Å². The third kappa shape index (κ3) is 10.7. The quantitative estimate of drug-likeness (QED) is 0.0857. The van der Waals surface area contributed by atoms with Gasteiger partial charge in [-0.1, -0.05) is 35.4 Å². The molecule has 4 aromatic carbocycles. The first-order valence-electron chi connectivity index (χ1n) is 21.4. The second kappa shape index (κ2) is 19.4. The zero-order valence-corrected chi connectivity index (χ0v) is 39.7. The molecule has 14 nitrogen and oxygen atoms in total. The number of hydrazine groups is 1. The Labute approximate surface area is 376 Å². The fourth-order valence-electron chi connectivity index (χ4n) is 7.22. The predicted molar refractivity (Wildman–Crippen MR) is 247 cm³/mol. The third-order valence-electron chi connectivity index (χ3n) is 10.1. The Morgan fingerprint density at radius 1 is 0.516 bits per heavy atom. The molecule has 0 aliphatic carbocycles. The second-order valence-electron chi connectivity index (χ2n) is 16.8. The van der Waals surface area contributed by atoms with Gasteiger partial charge in [0.15, 0.2) is 0 Å². The van der Waals surface area contributed by atoms with Gasteiger partial charge in [0, 0.05) is 23.2 Å². The normalized spacial score (nSPS) is 12.2. The molecule has 0 spiro atoms. The number of rotatable bonds is 16. The van der Waals surface area contributed by atoms with E-state index in [1.807, 2.05) is 41.5 Å². The van der Waals surface area contributed by atoms with E-state index in [0.29, 0.717) is 44.4 Å². The topological polar surface area (TPSA) is 156 Å². The van der Waals surface area contributed by atoms with E-state index < -0.39 is 44.4 Å². The fourth-order valence-corrected chi connectivity index (χ4v) is 10.0. The smallest absolute Gasteiger partial charge is 0.429 e. The highest BCUT2D eigenvalue weighted by Gasteiger charge is 2.32. The molecule has 6 rings (SSSR count). The lowest BCUT2D eigenvalue weighted by molar-refractivity contribution is -0.0348. The maximum absolute atomic E-state index is 14.2. The van der Waals surface area contributed by atoms with E-state index in [1.54, 1.807) is 113 Å². The van der Waals surface area contributed by atoms with E-state index in [4.69, 9.17) is 18.9 Å². The predicted octanol–water partition coefficient (Wildman–Crippen LogP) is 9.66. The molecule has 0 unspecified atom stereocenters. The largest absolute Gasteiger partial charge is 0.491 e. The number of aromatic nitrogens is 2. The van der Waals surface area contributed by atoms with Crippen molar-refractivity contribution in [3.8, 4) is 11.5 Å². The fraction of sp³-hybridized carbons (Fsp3) is 0.375. The van der Waals surface area contributed by atoms with Crippen LogP contribution in [0.15, 0.2) is 107 Å². The lowest BCUT2D eigenvalue weighted by atomic mass is 10.1. The SMILES string of the molecule is Cc1ccc(S(=O)(=O)n2cc(CCN(C(=O)OC(C)C)N(CCc3cn(S(=O)(=O)c4ccc(C)cc4)c4ccc(OC(C)C)cc34)C(=O)OC(C)C)c3cc(OC(C)C)ccc32)cc1. The first-order valence-corrected chi connectivity index (χ1v) is 24.3. The molecule has 64 heavy (non-hydrogen) atoms. The van der Waals surface area contributed by atoms with Gasteiger partial charge in [0.05, 0.1) is 58.3 Å². The molecular formula is C48H58N4O10S2. The van der Waals surface area contributed by atoms with E-state index in [-0.39, 0.29) is 47.9 Å². The second-order valence-corrected chi connectivity index (χ2v) is 20.5. The van der Waals surface area contributed by atoms with Crippen molar-refractivity contribution < 1.29 is 45.4 Å². The van der Waals surface area contributed by atoms with Gasteiger partial charge in [-0.05, 0) is 154 Å². The van der Waals surface area contributed by atoms with Crippen molar-refractivity contribution in [2.45, 2.75) is 116 Å². The van der Waals surface area contributed by atoms with Crippen molar-refractivity contribution in [2.75, 3.05) is 13.1 Å². The maximum Gasteiger partial charge on any atom is 0.429 e. The Morgan fingerprint density at radius 3 is 1.17 bits per heavy atom. The molecule has 2 amide bonds. The average molecular weight is 915 g/mol. The summed E-state index contributed by atoms with van der Waals surface area (Å²) in [5.41, 5.74) is 3.73. The molecule has 16 heteroatoms. The Morgan fingerprint density at radius 2 is 0.859 bits per heavy atom. The Balaban J connectivity index is 1.43. The Hall–Kier alpha value is -6.00. The standard InChI is InChI=1S/C48H58N4O10S2/c1-31(2)59-39-15-21-45-43(27-39)37(29-51(45)63(55,56)41-17-11-35(9)12-18-41)23-25-49(47(53)61-33(5)6)50(48(54)62-34(7)8)26-24-38-30-52(64(57,58)42-19-13-36(10)14-20-42)46-22-16-40(28-44(38)46)60-32(3)4/h11-22,27-34H,23-26H2,1-10H3. The van der Waals surface area contributed by atoms with Crippen LogP contribution in [-0.2, 0) is 42.4 Å². The van der Waals surface area contributed by atoms with Gasteiger partial charge in [-0.2, -0.15) is 0 Å². The van der Waals surface area contributed by atoms with Crippen molar-refractivity contribution in [1.29, 1.82) is 0 Å². The first kappa shape index (κ1) is 47.5. The van der Waals surface area contributed by atoms with Crippen LogP contribution in [-0.4, -0.2) is 84.5 Å². The number of carbonyl (C=O) groups is 2. The molecule has 0 saturated carbocycles. The van der Waals surface area contributed by atoms with Crippen molar-refractivity contribution in [2.24, 2.45) is 0 Å². The van der Waals surface area contributed by atoms with Crippen LogP contribution in [0.25, 0.3) is 21.8 Å². The molecule has 342 valence electrons. The van der Waals surface area contributed by atoms with Gasteiger partial charge in [-0.3, -0.25) is 0 Å². The van der Waals surface area contributed by atoms with Crippen LogP contribution in [0.3, 0.4) is 0 Å². The van der Waals surface area contributed by atoms with Crippen molar-refractivity contribution in [3.05, 3.63) is 120 Å². The summed E-state index contributed by atoms with van der Waals surface area (Å²) in [7, 11) is -8.15. The zero-order valence-electron chi connectivity index (χ0n) is 38.1. The van der Waals surface area contributed by atoms with Crippen molar-refractivity contribution >= 4 is 54.0 Å². The van der Waals surface area contributed by atoms with Gasteiger partial charge < -0.3 is 18.9 Å². The van der Waals surface area contributed by atoms with Crippen molar-refractivity contribution in [3.63, 3.8) is 0 Å². The number of benzene rings is 4. The third-order valence-corrected chi connectivity index (χ3v) is 13.5. The lowest BCUT2D eigenvalue weighted by Gasteiger charge is -2.34. The molecule has 0 N–H and O–H groups in total. The van der Waals surface area contributed by atoms with E-state index in [2.05, 4.69) is 0 Å². The molecule has 0 bridgehead atoms. The van der Waals surface area contributed by atoms with Crippen LogP contribution in [0.1, 0.15) is 77.6 Å². The number of amides is 2. The summed E-state index contributed by atoms with van der Waals surface area (Å²) in [6, 6.07) is 23.5. The zero-order chi connectivity index (χ0) is 46.7. The highest BCUT2D eigenvalue weighted by Crippen LogP contribution is 2.33. The van der Waals surface area contributed by atoms with Gasteiger partial charge in [0.2, 0.25) is 0 Å². The summed E-state index contributed by atoms with van der Waals surface area (Å²) in [5.74, 6) is 1.05. The van der Waals surface area contributed by atoms with E-state index in [0.717, 1.165) is 21.1 Å². The summed E-state index contributed by atoms with van der Waals surface area (Å²) in [6.07, 6.45) is 0.0595. The Kier molecular flexibility index (Phi) is 14.4. The van der Waals surface area contributed by atoms with Gasteiger partial charge >= 0.3 is 12.2 Å². The van der Waals surface area contributed by atoms with Crippen LogP contribution in [0.2, 0.25) is 0 Å². The summed E-state index contributed by atoms with van der Waals surface area (Å²) < 4.78 is 82.6. The molecule has 0 aliphatic heterocycles. The summed E-state index contributed by atoms with van der Waals surface area (Å²) in [6.45, 7) is 17.8. The molecule has 0 atom stereocenters. The van der Waals surface area contributed by atoms with Gasteiger partial charge in [0.25, 0.3) is 20.0 Å². The molecule has 0 saturated heterocycles. The van der Waals surface area contributed by atoms with Gasteiger partial charge in [-0.25, -0.2) is 44.4 Å². The summed E-state index contributed by atoms with van der Waals surface area (Å²) in [5, 5.41) is 3.47. The Bertz CT molecular complexity index is 2650. The molecular weight excluding hydrogens is 857 g/mol. The van der Waals surface area contributed by atoms with E-state index >= 15 is 0 Å². The van der Waals surface area contributed by atoms with Crippen LogP contribution in [0.4, 0.5) is 9.59 Å². The molecule has 6 aromatic rings. The molecule has 0 fully saturated rings. The number of hydrogen-bond acceptors (Lipinski definition) is 10. The number of ether oxygens (including phenoxy) is 4. The van der Waals surface area contributed by atoms with Crippen LogP contribution >= 0.6 is 0 Å². The number of aryl methyl sites for hydroxylation is 2. The number of carbonyl (C=O) groups excluding carboxylic acids is 2. The lowest BCUT2D eigenvalue weighted by Crippen LogP contribution is -2.52. The van der Waals surface area contributed by atoms with Crippen LogP contribution in [0, 0.1) is 13.8 Å². The monoisotopic (exact) mass is 914 g/mol.